The van der Waals surface area contributed by atoms with Gasteiger partial charge in [0, 0.05) is 26.2 Å². The van der Waals surface area contributed by atoms with Crippen LogP contribution in [-0.4, -0.2) is 37.0 Å². The lowest BCUT2D eigenvalue weighted by atomic mass is 10.1. The van der Waals surface area contributed by atoms with Gasteiger partial charge in [0.05, 0.1) is 12.1 Å². The van der Waals surface area contributed by atoms with E-state index in [-0.39, 0.29) is 18.1 Å². The minimum absolute atomic E-state index is 0.0312. The molecule has 0 radical (unpaired) electrons. The average molecular weight is 278 g/mol. The molecule has 3 atom stereocenters. The highest BCUT2D eigenvalue weighted by molar-refractivity contribution is 5.75. The van der Waals surface area contributed by atoms with E-state index in [9.17, 15) is 9.90 Å². The summed E-state index contributed by atoms with van der Waals surface area (Å²) in [6.45, 7) is 2.54. The lowest BCUT2D eigenvalue weighted by Gasteiger charge is -2.20. The molecular weight excluding hydrogens is 256 g/mol. The summed E-state index contributed by atoms with van der Waals surface area (Å²) in [6, 6.07) is 7.24. The first-order valence-corrected chi connectivity index (χ1v) is 6.93. The van der Waals surface area contributed by atoms with Crippen LogP contribution in [0.1, 0.15) is 30.5 Å². The molecule has 0 aromatic heterocycles. The molecule has 0 spiro atoms. The maximum absolute atomic E-state index is 12.0. The van der Waals surface area contributed by atoms with Gasteiger partial charge in [-0.05, 0) is 24.5 Å². The molecule has 2 amide bonds. The number of aliphatic hydroxyl groups excluding tert-OH is 1. The number of carbonyl (C=O) groups excluding carboxylic acids is 1. The summed E-state index contributed by atoms with van der Waals surface area (Å²) in [6.07, 6.45) is 0.779. The van der Waals surface area contributed by atoms with Crippen LogP contribution in [0.25, 0.3) is 0 Å². The van der Waals surface area contributed by atoms with Crippen LogP contribution < -0.4 is 10.6 Å². The summed E-state index contributed by atoms with van der Waals surface area (Å²) in [5.41, 5.74) is 2.09. The van der Waals surface area contributed by atoms with E-state index in [2.05, 4.69) is 10.6 Å². The second kappa shape index (κ2) is 6.72. The van der Waals surface area contributed by atoms with Crippen molar-refractivity contribution in [2.24, 2.45) is 0 Å². The van der Waals surface area contributed by atoms with Crippen LogP contribution in [0.4, 0.5) is 4.79 Å². The summed E-state index contributed by atoms with van der Waals surface area (Å²) in [4.78, 5) is 12.0. The van der Waals surface area contributed by atoms with Crippen LogP contribution in [0.2, 0.25) is 0 Å². The predicted octanol–water partition coefficient (Wildman–Crippen LogP) is 1.37. The molecule has 0 fully saturated rings. The Morgan fingerprint density at radius 2 is 2.25 bits per heavy atom. The number of aliphatic hydroxyl groups is 1. The number of benzene rings is 1. The van der Waals surface area contributed by atoms with Crippen LogP contribution in [0, 0.1) is 0 Å². The number of nitrogens with one attached hydrogen (secondary N) is 2. The van der Waals surface area contributed by atoms with E-state index >= 15 is 0 Å². The van der Waals surface area contributed by atoms with Crippen molar-refractivity contribution in [2.75, 3.05) is 13.7 Å². The van der Waals surface area contributed by atoms with Crippen molar-refractivity contribution in [3.63, 3.8) is 0 Å². The Morgan fingerprint density at radius 1 is 1.50 bits per heavy atom. The third-order valence-electron chi connectivity index (χ3n) is 3.62. The molecule has 0 aliphatic heterocycles. The second-order valence-electron chi connectivity index (χ2n) is 5.25. The molecule has 0 saturated carbocycles. The molecule has 5 nitrogen and oxygen atoms in total. The van der Waals surface area contributed by atoms with Gasteiger partial charge >= 0.3 is 6.03 Å². The van der Waals surface area contributed by atoms with Crippen molar-refractivity contribution in [1.29, 1.82) is 0 Å². The van der Waals surface area contributed by atoms with E-state index in [1.54, 1.807) is 7.11 Å². The van der Waals surface area contributed by atoms with Gasteiger partial charge in [0.2, 0.25) is 0 Å². The third kappa shape index (κ3) is 3.49. The van der Waals surface area contributed by atoms with Gasteiger partial charge in [-0.1, -0.05) is 24.3 Å². The Balaban J connectivity index is 1.91. The SMILES string of the molecule is COCCC(C)NC(=O)N[C@@H]1c2ccccc2C[C@@H]1O. The summed E-state index contributed by atoms with van der Waals surface area (Å²) in [5.74, 6) is 0. The van der Waals surface area contributed by atoms with Gasteiger partial charge < -0.3 is 20.5 Å². The molecule has 1 aromatic carbocycles. The smallest absolute Gasteiger partial charge is 0.315 e. The fraction of sp³-hybridized carbons (Fsp3) is 0.533. The lowest BCUT2D eigenvalue weighted by Crippen LogP contribution is -2.44. The van der Waals surface area contributed by atoms with Crippen LogP contribution in [-0.2, 0) is 11.2 Å². The van der Waals surface area contributed by atoms with Crippen LogP contribution >= 0.6 is 0 Å². The first kappa shape index (κ1) is 14.8. The van der Waals surface area contributed by atoms with Gasteiger partial charge in [0.25, 0.3) is 0 Å². The number of hydrogen-bond acceptors (Lipinski definition) is 3. The number of urea groups is 1. The predicted molar refractivity (Wildman–Crippen MR) is 76.5 cm³/mol. The Bertz CT molecular complexity index is 464. The maximum atomic E-state index is 12.0. The van der Waals surface area contributed by atoms with Crippen LogP contribution in [0.3, 0.4) is 0 Å². The highest BCUT2D eigenvalue weighted by atomic mass is 16.5. The molecular formula is C15H22N2O3. The Hall–Kier alpha value is -1.59. The van der Waals surface area contributed by atoms with Crippen molar-refractivity contribution in [3.8, 4) is 0 Å². The lowest BCUT2D eigenvalue weighted by molar-refractivity contribution is 0.141. The quantitative estimate of drug-likeness (QED) is 0.762. The highest BCUT2D eigenvalue weighted by Crippen LogP contribution is 2.30. The molecule has 3 N–H and O–H groups in total. The number of amides is 2. The Morgan fingerprint density at radius 3 is 3.00 bits per heavy atom. The van der Waals surface area contributed by atoms with Crippen molar-refractivity contribution in [1.82, 2.24) is 10.6 Å². The van der Waals surface area contributed by atoms with E-state index in [0.717, 1.165) is 17.5 Å². The monoisotopic (exact) mass is 278 g/mol. The number of rotatable bonds is 5. The van der Waals surface area contributed by atoms with Crippen molar-refractivity contribution >= 4 is 6.03 Å². The minimum Gasteiger partial charge on any atom is -0.390 e. The van der Waals surface area contributed by atoms with Gasteiger partial charge in [-0.15, -0.1) is 0 Å². The zero-order valence-electron chi connectivity index (χ0n) is 11.9. The molecule has 20 heavy (non-hydrogen) atoms. The molecule has 110 valence electrons. The maximum Gasteiger partial charge on any atom is 0.315 e. The number of hydrogen-bond donors (Lipinski definition) is 3. The van der Waals surface area contributed by atoms with Gasteiger partial charge in [-0.25, -0.2) is 4.79 Å². The molecule has 5 heteroatoms. The minimum atomic E-state index is -0.563. The molecule has 1 unspecified atom stereocenters. The molecule has 1 aliphatic carbocycles. The van der Waals surface area contributed by atoms with Crippen LogP contribution in [0.15, 0.2) is 24.3 Å². The van der Waals surface area contributed by atoms with E-state index in [0.29, 0.717) is 13.0 Å². The first-order valence-electron chi connectivity index (χ1n) is 6.93. The summed E-state index contributed by atoms with van der Waals surface area (Å²) >= 11 is 0. The number of fused-ring (bicyclic) bond motifs is 1. The van der Waals surface area contributed by atoms with Gasteiger partial charge in [0.15, 0.2) is 0 Å². The zero-order chi connectivity index (χ0) is 14.5. The molecule has 0 heterocycles. The van der Waals surface area contributed by atoms with Crippen molar-refractivity contribution < 1.29 is 14.6 Å². The largest absolute Gasteiger partial charge is 0.390 e. The first-order chi connectivity index (χ1) is 9.61. The molecule has 1 aliphatic rings. The molecule has 2 rings (SSSR count). The van der Waals surface area contributed by atoms with Gasteiger partial charge in [0.1, 0.15) is 0 Å². The Labute approximate surface area is 119 Å². The topological polar surface area (TPSA) is 70.6 Å². The fourth-order valence-corrected chi connectivity index (χ4v) is 2.52. The average Bonchev–Trinajstić information content (AvgIpc) is 2.73. The summed E-state index contributed by atoms with van der Waals surface area (Å²) < 4.78 is 4.98. The highest BCUT2D eigenvalue weighted by Gasteiger charge is 2.31. The molecule has 1 aromatic rings. The van der Waals surface area contributed by atoms with Crippen molar-refractivity contribution in [2.45, 2.75) is 38.0 Å². The van der Waals surface area contributed by atoms with E-state index in [1.165, 1.54) is 0 Å². The summed E-state index contributed by atoms with van der Waals surface area (Å²) in [5, 5.41) is 15.8. The van der Waals surface area contributed by atoms with Crippen LogP contribution in [0.5, 0.6) is 0 Å². The number of carbonyl (C=O) groups is 1. The van der Waals surface area contributed by atoms with Gasteiger partial charge in [-0.2, -0.15) is 0 Å². The normalized spacial score (nSPS) is 22.1. The third-order valence-corrected chi connectivity index (χ3v) is 3.62. The van der Waals surface area contributed by atoms with E-state index in [1.807, 2.05) is 31.2 Å². The number of methoxy groups -OCH3 is 1. The molecule has 0 saturated heterocycles. The Kier molecular flexibility index (Phi) is 4.98. The molecule has 0 bridgehead atoms. The van der Waals surface area contributed by atoms with Crippen molar-refractivity contribution in [3.05, 3.63) is 35.4 Å². The zero-order valence-corrected chi connectivity index (χ0v) is 11.9. The summed E-state index contributed by atoms with van der Waals surface area (Å²) in [7, 11) is 1.64. The van der Waals surface area contributed by atoms with Gasteiger partial charge in [-0.3, -0.25) is 0 Å². The van der Waals surface area contributed by atoms with E-state index in [4.69, 9.17) is 4.74 Å². The fourth-order valence-electron chi connectivity index (χ4n) is 2.52. The standard InChI is InChI=1S/C15H22N2O3/c1-10(7-8-20-2)16-15(19)17-14-12-6-4-3-5-11(12)9-13(14)18/h3-6,10,13-14,18H,7-9H2,1-2H3,(H2,16,17,19)/t10?,13-,14+/m0/s1. The second-order valence-corrected chi connectivity index (χ2v) is 5.25. The number of ether oxygens (including phenoxy) is 1. The van der Waals surface area contributed by atoms with E-state index < -0.39 is 6.10 Å².